The van der Waals surface area contributed by atoms with E-state index in [1.165, 1.54) is 26.2 Å². The van der Waals surface area contributed by atoms with Gasteiger partial charge in [0.2, 0.25) is 0 Å². The van der Waals surface area contributed by atoms with Crippen LogP contribution in [0.1, 0.15) is 86.5 Å². The predicted octanol–water partition coefficient (Wildman–Crippen LogP) is 4.48. The van der Waals surface area contributed by atoms with Gasteiger partial charge >= 0.3 is 5.97 Å². The Labute approximate surface area is 159 Å². The van der Waals surface area contributed by atoms with E-state index in [0.717, 1.165) is 19.3 Å². The molecule has 0 spiro atoms. The Morgan fingerprint density at radius 3 is 2.46 bits per heavy atom. The second kappa shape index (κ2) is 6.48. The molecule has 1 saturated heterocycles. The van der Waals surface area contributed by atoms with E-state index in [4.69, 9.17) is 9.47 Å². The van der Waals surface area contributed by atoms with E-state index in [1.54, 1.807) is 0 Å². The summed E-state index contributed by atoms with van der Waals surface area (Å²) in [6, 6.07) is 0. The van der Waals surface area contributed by atoms with E-state index >= 15 is 0 Å². The monoisotopic (exact) mass is 366 g/mol. The zero-order valence-electron chi connectivity index (χ0n) is 17.6. The molecule has 0 amide bonds. The van der Waals surface area contributed by atoms with E-state index < -0.39 is 11.2 Å². The largest absolute Gasteiger partial charge is 0.459 e. The third-order valence-corrected chi connectivity index (χ3v) is 8.08. The van der Waals surface area contributed by atoms with Gasteiger partial charge in [0.25, 0.3) is 0 Å². The second-order valence-electron chi connectivity index (χ2n) is 10.6. The molecule has 4 heteroatoms. The molecule has 0 radical (unpaired) electrons. The number of epoxide rings is 1. The highest BCUT2D eigenvalue weighted by atomic mass is 16.6. The Morgan fingerprint density at radius 1 is 1.23 bits per heavy atom. The van der Waals surface area contributed by atoms with Crippen LogP contribution < -0.4 is 0 Å². The fourth-order valence-corrected chi connectivity index (χ4v) is 6.70. The Morgan fingerprint density at radius 2 is 1.88 bits per heavy atom. The molecule has 0 aromatic rings. The summed E-state index contributed by atoms with van der Waals surface area (Å²) in [5.41, 5.74) is -0.759. The minimum atomic E-state index is -0.787. The number of esters is 1. The first kappa shape index (κ1) is 20.1. The number of fused-ring (bicyclic) bond motifs is 1. The Hall–Kier alpha value is -0.610. The maximum Gasteiger partial charge on any atom is 0.303 e. The summed E-state index contributed by atoms with van der Waals surface area (Å²) in [4.78, 5) is 11.9. The zero-order chi connectivity index (χ0) is 19.4. The van der Waals surface area contributed by atoms with E-state index in [2.05, 4.69) is 27.7 Å². The topological polar surface area (TPSA) is 59.1 Å². The van der Waals surface area contributed by atoms with Gasteiger partial charge in [0.05, 0.1) is 12.2 Å². The average Bonchev–Trinajstić information content (AvgIpc) is 3.29. The molecule has 2 unspecified atom stereocenters. The molecular weight excluding hydrogens is 328 g/mol. The van der Waals surface area contributed by atoms with Crippen LogP contribution in [0.25, 0.3) is 0 Å². The third kappa shape index (κ3) is 3.56. The molecule has 1 N–H and O–H groups in total. The summed E-state index contributed by atoms with van der Waals surface area (Å²) in [5.74, 6) is 0.717. The van der Waals surface area contributed by atoms with Crippen LogP contribution in [0.2, 0.25) is 0 Å². The molecule has 3 rings (SSSR count). The molecule has 4 nitrogen and oxygen atoms in total. The van der Waals surface area contributed by atoms with E-state index in [9.17, 15) is 9.90 Å². The molecule has 26 heavy (non-hydrogen) atoms. The van der Waals surface area contributed by atoms with Gasteiger partial charge in [0, 0.05) is 12.8 Å². The molecule has 1 heterocycles. The van der Waals surface area contributed by atoms with Crippen molar-refractivity contribution in [2.45, 2.75) is 104 Å². The highest BCUT2D eigenvalue weighted by molar-refractivity contribution is 5.66. The van der Waals surface area contributed by atoms with Crippen LogP contribution in [0.15, 0.2) is 0 Å². The Kier molecular flexibility index (Phi) is 5.02. The maximum atomic E-state index is 11.9. The molecule has 0 aromatic heterocycles. The molecule has 0 aromatic carbocycles. The van der Waals surface area contributed by atoms with Gasteiger partial charge in [-0.2, -0.15) is 0 Å². The minimum Gasteiger partial charge on any atom is -0.459 e. The quantitative estimate of drug-likeness (QED) is 0.576. The van der Waals surface area contributed by atoms with Crippen LogP contribution >= 0.6 is 0 Å². The summed E-state index contributed by atoms with van der Waals surface area (Å²) < 4.78 is 11.3. The number of aliphatic hydroxyl groups is 1. The lowest BCUT2D eigenvalue weighted by molar-refractivity contribution is -0.201. The van der Waals surface area contributed by atoms with Crippen molar-refractivity contribution in [1.29, 1.82) is 0 Å². The van der Waals surface area contributed by atoms with Gasteiger partial charge < -0.3 is 14.6 Å². The van der Waals surface area contributed by atoms with Crippen molar-refractivity contribution in [2.24, 2.45) is 22.7 Å². The van der Waals surface area contributed by atoms with Crippen LogP contribution in [0, 0.1) is 22.7 Å². The molecule has 150 valence electrons. The lowest BCUT2D eigenvalue weighted by atomic mass is 9.45. The van der Waals surface area contributed by atoms with Gasteiger partial charge in [-0.3, -0.25) is 4.79 Å². The van der Waals surface area contributed by atoms with Crippen molar-refractivity contribution in [1.82, 2.24) is 0 Å². The molecule has 1 aliphatic heterocycles. The Bertz CT molecular complexity index is 550. The van der Waals surface area contributed by atoms with Crippen molar-refractivity contribution >= 4 is 5.97 Å². The van der Waals surface area contributed by atoms with Gasteiger partial charge in [-0.1, -0.05) is 27.2 Å². The van der Waals surface area contributed by atoms with Gasteiger partial charge in [-0.15, -0.1) is 0 Å². The molecule has 2 saturated carbocycles. The number of rotatable bonds is 5. The fraction of sp³-hybridized carbons (Fsp3) is 0.955. The minimum absolute atomic E-state index is 0.0301. The maximum absolute atomic E-state index is 11.9. The highest BCUT2D eigenvalue weighted by Crippen LogP contribution is 2.63. The van der Waals surface area contributed by atoms with Crippen LogP contribution in [0.4, 0.5) is 0 Å². The lowest BCUT2D eigenvalue weighted by Crippen LogP contribution is -2.59. The average molecular weight is 367 g/mol. The molecule has 6 atom stereocenters. The predicted molar refractivity (Wildman–Crippen MR) is 102 cm³/mol. The van der Waals surface area contributed by atoms with Gasteiger partial charge in [0.1, 0.15) is 11.7 Å². The Balaban J connectivity index is 1.89. The molecular formula is C22H38O4. The summed E-state index contributed by atoms with van der Waals surface area (Å²) in [5, 5.41) is 10.8. The first-order chi connectivity index (χ1) is 11.9. The third-order valence-electron chi connectivity index (χ3n) is 8.08. The van der Waals surface area contributed by atoms with Crippen LogP contribution in [-0.4, -0.2) is 35.0 Å². The van der Waals surface area contributed by atoms with Crippen molar-refractivity contribution in [3.05, 3.63) is 0 Å². The zero-order valence-corrected chi connectivity index (χ0v) is 17.6. The molecule has 3 fully saturated rings. The van der Waals surface area contributed by atoms with Crippen molar-refractivity contribution < 1.29 is 19.4 Å². The molecule has 2 aliphatic carbocycles. The lowest BCUT2D eigenvalue weighted by Gasteiger charge is -2.62. The van der Waals surface area contributed by atoms with Crippen molar-refractivity contribution in [2.75, 3.05) is 6.61 Å². The van der Waals surface area contributed by atoms with Gasteiger partial charge in [-0.05, 0) is 69.1 Å². The van der Waals surface area contributed by atoms with Crippen LogP contribution in [0.3, 0.4) is 0 Å². The number of hydrogen-bond acceptors (Lipinski definition) is 4. The van der Waals surface area contributed by atoms with E-state index in [0.29, 0.717) is 24.4 Å². The highest BCUT2D eigenvalue weighted by Gasteiger charge is 2.59. The first-order valence-corrected chi connectivity index (χ1v) is 10.4. The first-order valence-electron chi connectivity index (χ1n) is 10.4. The van der Waals surface area contributed by atoms with Crippen LogP contribution in [0.5, 0.6) is 0 Å². The van der Waals surface area contributed by atoms with Gasteiger partial charge in [-0.25, -0.2) is 0 Å². The molecule has 3 aliphatic rings. The summed E-state index contributed by atoms with van der Waals surface area (Å²) in [7, 11) is 0. The van der Waals surface area contributed by atoms with E-state index in [1.807, 2.05) is 6.92 Å². The normalized spacial score (nSPS) is 43.9. The standard InChI is InChI=1S/C22H38O4/c1-15(23)26-22(6)13-9-16-19(2,3)10-7-11-20(16,4)17(22)8-12-21(5,24)18-14-25-18/h16-18,24H,7-14H2,1-6H3/t16-,17+,18?,20-,21?,22-/m0/s1. The summed E-state index contributed by atoms with van der Waals surface area (Å²) in [6.07, 6.45) is 7.27. The van der Waals surface area contributed by atoms with Crippen molar-refractivity contribution in [3.63, 3.8) is 0 Å². The smallest absolute Gasteiger partial charge is 0.303 e. The SMILES string of the molecule is CC(=O)O[C@@]1(C)CC[C@H]2C(C)(C)CCC[C@]2(C)[C@H]1CCC(C)(O)C1CO1. The number of carbonyl (C=O) groups excluding carboxylic acids is 1. The van der Waals surface area contributed by atoms with Crippen LogP contribution in [-0.2, 0) is 14.3 Å². The van der Waals surface area contributed by atoms with Crippen molar-refractivity contribution in [3.8, 4) is 0 Å². The second-order valence-corrected chi connectivity index (χ2v) is 10.6. The van der Waals surface area contributed by atoms with Gasteiger partial charge in [0.15, 0.2) is 0 Å². The molecule has 0 bridgehead atoms. The number of carbonyl (C=O) groups is 1. The van der Waals surface area contributed by atoms with E-state index in [-0.39, 0.29) is 23.4 Å². The number of hydrogen-bond donors (Lipinski definition) is 1. The number of ether oxygens (including phenoxy) is 2. The summed E-state index contributed by atoms with van der Waals surface area (Å²) >= 11 is 0. The summed E-state index contributed by atoms with van der Waals surface area (Å²) in [6.45, 7) is 13.4. The fourth-order valence-electron chi connectivity index (χ4n) is 6.70.